The highest BCUT2D eigenvalue weighted by Gasteiger charge is 2.39. The molecule has 0 aromatic rings. The van der Waals surface area contributed by atoms with Gasteiger partial charge in [0.05, 0.1) is 5.92 Å². The predicted octanol–water partition coefficient (Wildman–Crippen LogP) is 2.32. The molecule has 4 heteroatoms. The van der Waals surface area contributed by atoms with Crippen LogP contribution >= 0.6 is 0 Å². The van der Waals surface area contributed by atoms with Crippen LogP contribution in [-0.2, 0) is 4.79 Å². The Hall–Kier alpha value is -0.610. The molecular weight excluding hydrogens is 262 g/mol. The van der Waals surface area contributed by atoms with Crippen LogP contribution in [0.15, 0.2) is 0 Å². The molecule has 1 saturated carbocycles. The minimum absolute atomic E-state index is 0.00797. The van der Waals surface area contributed by atoms with Crippen molar-refractivity contribution in [2.45, 2.75) is 95.8 Å². The van der Waals surface area contributed by atoms with Crippen molar-refractivity contribution in [3.05, 3.63) is 0 Å². The molecule has 1 aliphatic heterocycles. The zero-order valence-corrected chi connectivity index (χ0v) is 14.2. The minimum atomic E-state index is 0.00797. The molecule has 2 rings (SSSR count). The molecule has 0 aromatic carbocycles. The highest BCUT2D eigenvalue weighted by atomic mass is 16.2. The summed E-state index contributed by atoms with van der Waals surface area (Å²) in [5.74, 6) is 0.191. The van der Waals surface area contributed by atoms with E-state index in [9.17, 15) is 4.79 Å². The summed E-state index contributed by atoms with van der Waals surface area (Å²) in [5, 5.41) is 6.96. The predicted molar refractivity (Wildman–Crippen MR) is 87.0 cm³/mol. The summed E-state index contributed by atoms with van der Waals surface area (Å²) in [6.07, 6.45) is 7.40. The summed E-state index contributed by atoms with van der Waals surface area (Å²) < 4.78 is 0. The van der Waals surface area contributed by atoms with Gasteiger partial charge in [-0.1, -0.05) is 19.3 Å². The van der Waals surface area contributed by atoms with Gasteiger partial charge >= 0.3 is 0 Å². The normalized spacial score (nSPS) is 33.2. The molecule has 2 unspecified atom stereocenters. The monoisotopic (exact) mass is 295 g/mol. The third-order valence-electron chi connectivity index (χ3n) is 4.94. The van der Waals surface area contributed by atoms with Crippen molar-refractivity contribution >= 4 is 5.91 Å². The van der Waals surface area contributed by atoms with Crippen LogP contribution in [0.5, 0.6) is 0 Å². The zero-order chi connectivity index (χ0) is 15.7. The quantitative estimate of drug-likeness (QED) is 0.685. The number of amides is 1. The Balaban J connectivity index is 1.98. The second-order valence-electron chi connectivity index (χ2n) is 8.41. The third kappa shape index (κ3) is 4.68. The van der Waals surface area contributed by atoms with Crippen molar-refractivity contribution in [2.24, 2.45) is 11.7 Å². The van der Waals surface area contributed by atoms with Gasteiger partial charge in [0.2, 0.25) is 5.91 Å². The molecule has 122 valence electrons. The summed E-state index contributed by atoms with van der Waals surface area (Å²) in [5.41, 5.74) is 6.34. The van der Waals surface area contributed by atoms with Crippen LogP contribution in [0.4, 0.5) is 0 Å². The molecular formula is C17H33N3O. The maximum Gasteiger partial charge on any atom is 0.224 e. The summed E-state index contributed by atoms with van der Waals surface area (Å²) in [4.78, 5) is 12.6. The lowest BCUT2D eigenvalue weighted by atomic mass is 9.79. The van der Waals surface area contributed by atoms with Gasteiger partial charge in [0.25, 0.3) is 0 Å². The molecule has 0 aromatic heterocycles. The van der Waals surface area contributed by atoms with E-state index in [1.54, 1.807) is 0 Å². The number of rotatable bonds is 2. The van der Waals surface area contributed by atoms with Crippen molar-refractivity contribution in [2.75, 3.05) is 0 Å². The SMILES string of the molecule is CC1(C)CC(NC(=O)C2CCCCCC2N)CC(C)(C)N1. The molecule has 1 aliphatic carbocycles. The Bertz CT molecular complexity index is 362. The summed E-state index contributed by atoms with van der Waals surface area (Å²) in [7, 11) is 0. The van der Waals surface area contributed by atoms with Crippen molar-refractivity contribution in [3.8, 4) is 0 Å². The summed E-state index contributed by atoms with van der Waals surface area (Å²) in [6, 6.07) is 0.287. The van der Waals surface area contributed by atoms with Crippen LogP contribution < -0.4 is 16.4 Å². The van der Waals surface area contributed by atoms with Gasteiger partial charge in [0.15, 0.2) is 0 Å². The number of piperidine rings is 1. The number of hydrogen-bond acceptors (Lipinski definition) is 3. The van der Waals surface area contributed by atoms with Crippen LogP contribution in [0.25, 0.3) is 0 Å². The maximum absolute atomic E-state index is 12.6. The molecule has 21 heavy (non-hydrogen) atoms. The highest BCUT2D eigenvalue weighted by Crippen LogP contribution is 2.29. The first kappa shape index (κ1) is 16.8. The fraction of sp³-hybridized carbons (Fsp3) is 0.941. The van der Waals surface area contributed by atoms with Crippen LogP contribution in [-0.4, -0.2) is 29.1 Å². The smallest absolute Gasteiger partial charge is 0.224 e. The van der Waals surface area contributed by atoms with E-state index in [1.807, 2.05) is 0 Å². The van der Waals surface area contributed by atoms with Gasteiger partial charge in [-0.3, -0.25) is 4.79 Å². The Morgan fingerprint density at radius 1 is 1.05 bits per heavy atom. The fourth-order valence-electron chi connectivity index (χ4n) is 4.39. The standard InChI is InChI=1S/C17H33N3O/c1-16(2)10-12(11-17(3,4)20-16)19-15(21)13-8-6-5-7-9-14(13)18/h12-14,20H,5-11,18H2,1-4H3,(H,19,21). The average Bonchev–Trinajstić information content (AvgIpc) is 2.49. The lowest BCUT2D eigenvalue weighted by Gasteiger charge is -2.47. The molecule has 1 heterocycles. The van der Waals surface area contributed by atoms with Gasteiger partial charge in [0.1, 0.15) is 0 Å². The van der Waals surface area contributed by atoms with Crippen LogP contribution in [0.3, 0.4) is 0 Å². The van der Waals surface area contributed by atoms with Crippen LogP contribution in [0.1, 0.15) is 72.6 Å². The van der Waals surface area contributed by atoms with Crippen LogP contribution in [0, 0.1) is 5.92 Å². The van der Waals surface area contributed by atoms with Gasteiger partial charge in [-0.05, 0) is 53.4 Å². The first-order valence-corrected chi connectivity index (χ1v) is 8.54. The van der Waals surface area contributed by atoms with Gasteiger partial charge in [0, 0.05) is 23.2 Å². The summed E-state index contributed by atoms with van der Waals surface area (Å²) in [6.45, 7) is 8.85. The Kier molecular flexibility index (Phi) is 4.99. The van der Waals surface area contributed by atoms with E-state index in [-0.39, 0.29) is 35.0 Å². The molecule has 0 spiro atoms. The van der Waals surface area contributed by atoms with E-state index in [4.69, 9.17) is 5.73 Å². The number of hydrogen-bond donors (Lipinski definition) is 3. The van der Waals surface area contributed by atoms with Crippen molar-refractivity contribution < 1.29 is 4.79 Å². The van der Waals surface area contributed by atoms with E-state index in [1.165, 1.54) is 12.8 Å². The first-order valence-electron chi connectivity index (χ1n) is 8.54. The van der Waals surface area contributed by atoms with E-state index in [0.29, 0.717) is 0 Å². The molecule has 2 atom stereocenters. The second-order valence-corrected chi connectivity index (χ2v) is 8.41. The van der Waals surface area contributed by atoms with Crippen molar-refractivity contribution in [3.63, 3.8) is 0 Å². The van der Waals surface area contributed by atoms with E-state index in [0.717, 1.165) is 32.1 Å². The van der Waals surface area contributed by atoms with Crippen molar-refractivity contribution in [1.29, 1.82) is 0 Å². The minimum Gasteiger partial charge on any atom is -0.353 e. The maximum atomic E-state index is 12.6. The zero-order valence-electron chi connectivity index (χ0n) is 14.2. The van der Waals surface area contributed by atoms with Gasteiger partial charge in [-0.25, -0.2) is 0 Å². The number of nitrogens with two attached hydrogens (primary N) is 1. The molecule has 4 N–H and O–H groups in total. The molecule has 0 bridgehead atoms. The Morgan fingerprint density at radius 3 is 2.24 bits per heavy atom. The summed E-state index contributed by atoms with van der Waals surface area (Å²) >= 11 is 0. The van der Waals surface area contributed by atoms with Crippen LogP contribution in [0.2, 0.25) is 0 Å². The Labute approximate surface area is 129 Å². The van der Waals surface area contributed by atoms with Gasteiger partial charge < -0.3 is 16.4 Å². The molecule has 0 radical (unpaired) electrons. The van der Waals surface area contributed by atoms with E-state index >= 15 is 0 Å². The lowest BCUT2D eigenvalue weighted by molar-refractivity contribution is -0.127. The lowest BCUT2D eigenvalue weighted by Crippen LogP contribution is -2.62. The second kappa shape index (κ2) is 6.25. The molecule has 2 aliphatic rings. The van der Waals surface area contributed by atoms with Gasteiger partial charge in [-0.2, -0.15) is 0 Å². The number of carbonyl (C=O) groups is 1. The molecule has 1 amide bonds. The largest absolute Gasteiger partial charge is 0.353 e. The fourth-order valence-corrected chi connectivity index (χ4v) is 4.39. The topological polar surface area (TPSA) is 67.2 Å². The van der Waals surface area contributed by atoms with Crippen molar-refractivity contribution in [1.82, 2.24) is 10.6 Å². The highest BCUT2D eigenvalue weighted by molar-refractivity contribution is 5.79. The first-order chi connectivity index (χ1) is 9.69. The van der Waals surface area contributed by atoms with E-state index < -0.39 is 0 Å². The third-order valence-corrected chi connectivity index (χ3v) is 4.94. The number of nitrogens with one attached hydrogen (secondary N) is 2. The molecule has 1 saturated heterocycles. The molecule has 2 fully saturated rings. The average molecular weight is 295 g/mol. The molecule has 4 nitrogen and oxygen atoms in total. The number of carbonyl (C=O) groups excluding carboxylic acids is 1. The Morgan fingerprint density at radius 2 is 1.62 bits per heavy atom. The van der Waals surface area contributed by atoms with E-state index in [2.05, 4.69) is 38.3 Å². The van der Waals surface area contributed by atoms with Gasteiger partial charge in [-0.15, -0.1) is 0 Å².